The maximum atomic E-state index is 13.9. The second-order valence-corrected chi connectivity index (χ2v) is 28.8. The first-order valence-corrected chi connectivity index (χ1v) is 31.5. The van der Waals surface area contributed by atoms with Gasteiger partial charge in [0.05, 0.1) is 49.7 Å². The number of aliphatic hydroxyl groups excluding tert-OH is 13. The number of esters is 2. The maximum absolute atomic E-state index is 13.9. The predicted molar refractivity (Wildman–Crippen MR) is 308 cm³/mol. The smallest absolute Gasteiger partial charge is 0.335 e. The van der Waals surface area contributed by atoms with Crippen molar-refractivity contribution in [1.82, 2.24) is 0 Å². The van der Waals surface area contributed by atoms with Gasteiger partial charge in [-0.25, -0.2) is 14.4 Å². The summed E-state index contributed by atoms with van der Waals surface area (Å²) in [7, 11) is 0. The monoisotopic (exact) mass is 1290 g/mol. The van der Waals surface area contributed by atoms with Gasteiger partial charge in [-0.15, -0.1) is 0 Å². The number of aliphatic hydroxyl groups is 13. The minimum atomic E-state index is -2.24. The lowest BCUT2D eigenvalue weighted by Gasteiger charge is -2.73. The molecule has 4 heterocycles. The Morgan fingerprint density at radius 2 is 1.20 bits per heavy atom. The van der Waals surface area contributed by atoms with Crippen molar-refractivity contribution in [3.8, 4) is 0 Å². The number of rotatable bonds is 15. The van der Waals surface area contributed by atoms with Crippen LogP contribution in [-0.2, 0) is 61.8 Å². The molecule has 90 heavy (non-hydrogen) atoms. The molecule has 14 N–H and O–H groups in total. The second kappa shape index (κ2) is 26.1. The van der Waals surface area contributed by atoms with Gasteiger partial charge in [0.1, 0.15) is 85.5 Å². The molecule has 5 aliphatic carbocycles. The zero-order chi connectivity index (χ0) is 66.6. The normalized spacial score (nSPS) is 50.2. The average molecular weight is 1290 g/mol. The van der Waals surface area contributed by atoms with Crippen LogP contribution in [-0.4, -0.2) is 256 Å². The molecule has 9 aliphatic rings. The van der Waals surface area contributed by atoms with Gasteiger partial charge in [0.2, 0.25) is 0 Å². The number of hydrogen-bond acceptors (Lipinski definition) is 26. The number of hydrogen-bond donors (Lipinski definition) is 14. The Morgan fingerprint density at radius 3 is 1.79 bits per heavy atom. The Labute approximate surface area is 523 Å². The summed E-state index contributed by atoms with van der Waals surface area (Å²) < 4.78 is 61.6. The Balaban J connectivity index is 1.05. The molecule has 8 fully saturated rings. The molecule has 0 aromatic heterocycles. The van der Waals surface area contributed by atoms with Crippen LogP contribution in [0.25, 0.3) is 0 Å². The number of carboxylic acids is 1. The Kier molecular flexibility index (Phi) is 20.6. The van der Waals surface area contributed by atoms with E-state index in [1.165, 1.54) is 6.92 Å². The standard InChI is InChI=1S/C63H98O27/c1-13-25(3)52(79)89-49-50(90-53(80)26(4)14-2)63(24-65)29(21-58(49,6)7)28-15-16-33-60(10)19-18-34(59(8,9)32(60)17-20-61(33,11)62(28,12)47(75)48(63)76)84-57-46(88-55-41(73)39(71)37(69)31(22-64)83-55)43(42(74)44(86-57)51(77)78)85-56-45(36(68)30(66)23-81-56)87-54-40(72)38(70)35(67)27(5)82-54/h13-15,27,29-50,54-57,64-76H,16-24H2,1-12H3,(H,77,78)/b25-13+,26-14-/t27-,29-,30-,31+,32-,33+,34-,35-,36-,37-,38+,39-,40+,41+,42-,43-,44-,45+,46+,47-,48+,49-,50-,54-,55-,56-,57+,60-,61+,62-,63-/m0/s1. The van der Waals surface area contributed by atoms with Crippen molar-refractivity contribution in [3.05, 3.63) is 34.9 Å². The highest BCUT2D eigenvalue weighted by atomic mass is 16.8. The molecule has 0 aromatic rings. The minimum Gasteiger partial charge on any atom is -0.479 e. The maximum Gasteiger partial charge on any atom is 0.335 e. The van der Waals surface area contributed by atoms with Gasteiger partial charge in [-0.2, -0.15) is 0 Å². The fraction of sp³-hybridized carbons (Fsp3) is 0.857. The van der Waals surface area contributed by atoms with Crippen LogP contribution in [0.15, 0.2) is 34.9 Å². The van der Waals surface area contributed by atoms with Gasteiger partial charge in [0, 0.05) is 22.0 Å². The van der Waals surface area contributed by atoms with E-state index in [1.54, 1.807) is 39.8 Å². The summed E-state index contributed by atoms with van der Waals surface area (Å²) in [6.45, 7) is 19.7. The molecular formula is C63H98O27. The van der Waals surface area contributed by atoms with Crippen molar-refractivity contribution in [1.29, 1.82) is 0 Å². The van der Waals surface area contributed by atoms with Gasteiger partial charge in [0.15, 0.2) is 37.4 Å². The molecule has 0 bridgehead atoms. The summed E-state index contributed by atoms with van der Waals surface area (Å²) in [4.78, 5) is 40.8. The van der Waals surface area contributed by atoms with Crippen LogP contribution in [0.5, 0.6) is 0 Å². The summed E-state index contributed by atoms with van der Waals surface area (Å²) in [5.41, 5.74) is -4.73. The fourth-order valence-corrected chi connectivity index (χ4v) is 17.6. The van der Waals surface area contributed by atoms with Crippen molar-refractivity contribution >= 4 is 17.9 Å². The topological polar surface area (TPSA) is 427 Å². The molecule has 0 unspecified atom stereocenters. The van der Waals surface area contributed by atoms with E-state index in [-0.39, 0.29) is 30.3 Å². The lowest BCUT2D eigenvalue weighted by Crippen LogP contribution is -2.76. The van der Waals surface area contributed by atoms with E-state index >= 15 is 0 Å². The van der Waals surface area contributed by atoms with Crippen molar-refractivity contribution in [2.45, 2.75) is 269 Å². The third kappa shape index (κ3) is 11.5. The summed E-state index contributed by atoms with van der Waals surface area (Å²) in [5.74, 6) is -4.24. The Bertz CT molecular complexity index is 2700. The highest BCUT2D eigenvalue weighted by molar-refractivity contribution is 5.89. The average Bonchev–Trinajstić information content (AvgIpc) is 0.664. The molecule has 27 heteroatoms. The van der Waals surface area contributed by atoms with Crippen LogP contribution in [0.2, 0.25) is 0 Å². The minimum absolute atomic E-state index is 0.199. The molecule has 0 amide bonds. The lowest BCUT2D eigenvalue weighted by molar-refractivity contribution is -0.401. The SMILES string of the molecule is C/C=C(/C)C(=O)O[C@H]1[C@H](OC(=O)/C(C)=C/C)C(C)(C)C[C@H]2C3=CC[C@@H]4[C@@]5(C)CC[C@H](O[C@@H]6O[C@H](C(=O)O)[C@@H](O)[C@H](O[C@@H]7OC[C@H](O)[C@H](O)[C@H]7O[C@@H]7O[C@@H](C)[C@H](O)[C@@H](O)[C@H]7O)[C@H]6O[C@@H]6O[C@H](CO)[C@H](O)[C@H](O)[C@H]6O)C(C)(C)[C@@H]5CC[C@@]4(C)[C@]3(C)[C@@H](O)[C@@H](O)[C@]21CO. The van der Waals surface area contributed by atoms with Gasteiger partial charge >= 0.3 is 17.9 Å². The lowest BCUT2D eigenvalue weighted by atomic mass is 9.32. The second-order valence-electron chi connectivity index (χ2n) is 28.8. The summed E-state index contributed by atoms with van der Waals surface area (Å²) in [6, 6.07) is 0. The van der Waals surface area contributed by atoms with Crippen LogP contribution in [0.4, 0.5) is 0 Å². The van der Waals surface area contributed by atoms with E-state index in [4.69, 9.17) is 47.4 Å². The molecular weight excluding hydrogens is 1190 g/mol. The predicted octanol–water partition coefficient (Wildman–Crippen LogP) is -0.885. The summed E-state index contributed by atoms with van der Waals surface area (Å²) >= 11 is 0. The number of allylic oxidation sites excluding steroid dienone is 3. The quantitative estimate of drug-likeness (QED) is 0.0409. The largest absolute Gasteiger partial charge is 0.479 e. The van der Waals surface area contributed by atoms with E-state index in [9.17, 15) is 85.9 Å². The zero-order valence-electron chi connectivity index (χ0n) is 53.3. The van der Waals surface area contributed by atoms with E-state index in [1.807, 2.05) is 34.6 Å². The number of fused-ring (bicyclic) bond motifs is 7. The van der Waals surface area contributed by atoms with Crippen molar-refractivity contribution in [3.63, 3.8) is 0 Å². The number of carbonyl (C=O) groups is 3. The number of carbonyl (C=O) groups excluding carboxylic acids is 2. The van der Waals surface area contributed by atoms with Crippen molar-refractivity contribution in [2.75, 3.05) is 19.8 Å². The highest BCUT2D eigenvalue weighted by Gasteiger charge is 2.76. The summed E-state index contributed by atoms with van der Waals surface area (Å²) in [6.07, 6.45) is -34.4. The van der Waals surface area contributed by atoms with E-state index in [0.717, 1.165) is 5.57 Å². The molecule has 0 spiro atoms. The van der Waals surface area contributed by atoms with Crippen LogP contribution in [0.3, 0.4) is 0 Å². The number of carboxylic acid groups (broad SMARTS) is 1. The zero-order valence-corrected chi connectivity index (χ0v) is 53.3. The molecule has 4 saturated heterocycles. The Morgan fingerprint density at radius 1 is 0.622 bits per heavy atom. The van der Waals surface area contributed by atoms with Gasteiger partial charge < -0.3 is 119 Å². The molecule has 4 aliphatic heterocycles. The molecule has 0 aromatic carbocycles. The Hall–Kier alpha value is -3.21. The van der Waals surface area contributed by atoms with Gasteiger partial charge in [-0.1, -0.05) is 72.3 Å². The highest BCUT2D eigenvalue weighted by Crippen LogP contribution is 2.76. The first kappa shape index (κ1) is 71.1. The van der Waals surface area contributed by atoms with Crippen LogP contribution in [0, 0.1) is 50.2 Å². The number of ether oxygens (including phenoxy) is 10. The fourth-order valence-electron chi connectivity index (χ4n) is 17.6. The molecule has 4 saturated carbocycles. The third-order valence-electron chi connectivity index (χ3n) is 23.4. The van der Waals surface area contributed by atoms with Crippen molar-refractivity contribution in [2.24, 2.45) is 50.2 Å². The van der Waals surface area contributed by atoms with Gasteiger partial charge in [-0.05, 0) is 107 Å². The van der Waals surface area contributed by atoms with Crippen LogP contribution < -0.4 is 0 Å². The van der Waals surface area contributed by atoms with Crippen molar-refractivity contribution < 1.29 is 133 Å². The van der Waals surface area contributed by atoms with E-state index < -0.39 is 223 Å². The molecule has 9 rings (SSSR count). The van der Waals surface area contributed by atoms with E-state index in [0.29, 0.717) is 31.3 Å². The third-order valence-corrected chi connectivity index (χ3v) is 23.4. The van der Waals surface area contributed by atoms with Crippen LogP contribution in [0.1, 0.15) is 122 Å². The van der Waals surface area contributed by atoms with Crippen LogP contribution >= 0.6 is 0 Å². The first-order chi connectivity index (χ1) is 42.0. The molecule has 0 radical (unpaired) electrons. The summed E-state index contributed by atoms with van der Waals surface area (Å²) in [5, 5.41) is 158. The van der Waals surface area contributed by atoms with E-state index in [2.05, 4.69) is 19.9 Å². The molecule has 27 nitrogen and oxygen atoms in total. The molecule has 512 valence electrons. The first-order valence-electron chi connectivity index (χ1n) is 31.5. The van der Waals surface area contributed by atoms with Gasteiger partial charge in [-0.3, -0.25) is 0 Å². The van der Waals surface area contributed by atoms with Gasteiger partial charge in [0.25, 0.3) is 0 Å². The molecule has 31 atom stereocenters. The number of aliphatic carboxylic acids is 1.